The molecule has 1 atom stereocenters. The van der Waals surface area contributed by atoms with Gasteiger partial charge in [0.2, 0.25) is 0 Å². The van der Waals surface area contributed by atoms with Crippen molar-refractivity contribution in [2.24, 2.45) is 7.05 Å². The molecule has 0 aliphatic heterocycles. The number of aryl methyl sites for hydroxylation is 1. The maximum absolute atomic E-state index is 13.0. The van der Waals surface area contributed by atoms with E-state index in [4.69, 9.17) is 28.9 Å². The molecule has 0 saturated carbocycles. The number of hydrogen-bond donors (Lipinski definition) is 2. The lowest BCUT2D eigenvalue weighted by molar-refractivity contribution is 0.0211. The van der Waals surface area contributed by atoms with Crippen molar-refractivity contribution in [3.8, 4) is 5.75 Å². The van der Waals surface area contributed by atoms with E-state index in [-0.39, 0.29) is 38.2 Å². The van der Waals surface area contributed by atoms with Crippen LogP contribution in [0.2, 0.25) is 0 Å². The van der Waals surface area contributed by atoms with Crippen molar-refractivity contribution in [3.63, 3.8) is 0 Å². The van der Waals surface area contributed by atoms with Crippen molar-refractivity contribution in [2.45, 2.75) is 12.8 Å². The summed E-state index contributed by atoms with van der Waals surface area (Å²) in [5.41, 5.74) is 4.35. The molecule has 11 heteroatoms. The fourth-order valence-electron chi connectivity index (χ4n) is 4.74. The molecule has 0 aliphatic carbocycles. The number of nitrogens with zero attached hydrogens (tertiary/aromatic N) is 3. The smallest absolute Gasteiger partial charge is 0.342 e. The molecule has 1 amide bonds. The second kappa shape index (κ2) is 14.0. The molecule has 224 valence electrons. The molecular formula is C32H35N5O6. The van der Waals surface area contributed by atoms with Crippen molar-refractivity contribution < 1.29 is 28.5 Å². The third-order valence-corrected chi connectivity index (χ3v) is 7.03. The Hall–Kier alpha value is -4.74. The molecule has 0 aliphatic rings. The second-order valence-electron chi connectivity index (χ2n) is 9.94. The molecule has 1 unspecified atom stereocenters. The van der Waals surface area contributed by atoms with Gasteiger partial charge in [-0.05, 0) is 49.4 Å². The third-order valence-electron chi connectivity index (χ3n) is 7.03. The maximum atomic E-state index is 13.0. The van der Waals surface area contributed by atoms with Crippen molar-refractivity contribution in [3.05, 3.63) is 89.5 Å². The van der Waals surface area contributed by atoms with Crippen LogP contribution in [-0.4, -0.2) is 78.1 Å². The zero-order valence-corrected chi connectivity index (χ0v) is 24.5. The van der Waals surface area contributed by atoms with E-state index in [1.54, 1.807) is 37.4 Å². The van der Waals surface area contributed by atoms with Gasteiger partial charge in [-0.15, -0.1) is 0 Å². The Labute approximate surface area is 249 Å². The minimum Gasteiger partial charge on any atom is -0.491 e. The summed E-state index contributed by atoms with van der Waals surface area (Å²) in [6.45, 7) is 3.77. The standard InChI is InChI=1S/C32H35N5O6/c1-21(29-34-24-9-5-6-10-25(24)35-29)30-36-26-13-12-22(20-27(26)37(30)2)31(38)33-14-15-42-28-11-7-4-8-23(28)32(39)43-19-18-41-17-16-40-3/h4-13,20-21H,14-19H2,1-3H3,(H,33,38)(H,34,35). The lowest BCUT2D eigenvalue weighted by Crippen LogP contribution is -2.28. The summed E-state index contributed by atoms with van der Waals surface area (Å²) in [4.78, 5) is 38.4. The predicted molar refractivity (Wildman–Crippen MR) is 162 cm³/mol. The van der Waals surface area contributed by atoms with Crippen molar-refractivity contribution in [1.29, 1.82) is 0 Å². The SMILES string of the molecule is COCCOCCOC(=O)c1ccccc1OCCNC(=O)c1ccc2nc(C(C)c3nc4ccccc4[nH]3)n(C)c2c1. The Morgan fingerprint density at radius 3 is 2.56 bits per heavy atom. The number of amides is 1. The molecule has 2 N–H and O–H groups in total. The Bertz CT molecular complexity index is 1680. The zero-order valence-electron chi connectivity index (χ0n) is 24.5. The van der Waals surface area contributed by atoms with Gasteiger partial charge in [0.05, 0.1) is 54.4 Å². The van der Waals surface area contributed by atoms with E-state index in [1.165, 1.54) is 0 Å². The number of ether oxygens (including phenoxy) is 4. The summed E-state index contributed by atoms with van der Waals surface area (Å²) in [5.74, 6) is 1.24. The molecule has 2 heterocycles. The molecule has 11 nitrogen and oxygen atoms in total. The van der Waals surface area contributed by atoms with Crippen LogP contribution in [-0.2, 0) is 21.3 Å². The fourth-order valence-corrected chi connectivity index (χ4v) is 4.74. The number of H-pyrrole nitrogens is 1. The Balaban J connectivity index is 1.16. The monoisotopic (exact) mass is 585 g/mol. The van der Waals surface area contributed by atoms with Crippen LogP contribution in [0.15, 0.2) is 66.7 Å². The fraction of sp³-hybridized carbons (Fsp3) is 0.312. The van der Waals surface area contributed by atoms with Gasteiger partial charge in [-0.2, -0.15) is 0 Å². The van der Waals surface area contributed by atoms with Gasteiger partial charge in [-0.3, -0.25) is 4.79 Å². The Morgan fingerprint density at radius 2 is 1.72 bits per heavy atom. The number of hydrogen-bond acceptors (Lipinski definition) is 8. The van der Waals surface area contributed by atoms with E-state index in [0.29, 0.717) is 30.1 Å². The van der Waals surface area contributed by atoms with Crippen LogP contribution in [0.3, 0.4) is 0 Å². The van der Waals surface area contributed by atoms with Crippen LogP contribution in [0.25, 0.3) is 22.1 Å². The highest BCUT2D eigenvalue weighted by atomic mass is 16.6. The number of methoxy groups -OCH3 is 1. The first-order valence-corrected chi connectivity index (χ1v) is 14.1. The average Bonchev–Trinajstić information content (AvgIpc) is 3.61. The zero-order chi connectivity index (χ0) is 30.2. The second-order valence-corrected chi connectivity index (χ2v) is 9.94. The molecule has 3 aromatic carbocycles. The Morgan fingerprint density at radius 1 is 0.930 bits per heavy atom. The van der Waals surface area contributed by atoms with Crippen LogP contribution in [0.5, 0.6) is 5.75 Å². The number of para-hydroxylation sites is 3. The molecule has 0 fully saturated rings. The number of benzene rings is 3. The topological polar surface area (TPSA) is 130 Å². The largest absolute Gasteiger partial charge is 0.491 e. The molecule has 0 spiro atoms. The molecule has 0 saturated heterocycles. The summed E-state index contributed by atoms with van der Waals surface area (Å²) in [6, 6.07) is 20.2. The number of nitrogens with one attached hydrogen (secondary N) is 2. The van der Waals surface area contributed by atoms with Gasteiger partial charge in [-0.1, -0.05) is 24.3 Å². The number of carbonyl (C=O) groups is 2. The van der Waals surface area contributed by atoms with Crippen molar-refractivity contribution >= 4 is 33.9 Å². The average molecular weight is 586 g/mol. The number of carbonyl (C=O) groups excluding carboxylic acids is 2. The molecular weight excluding hydrogens is 550 g/mol. The van der Waals surface area contributed by atoms with Gasteiger partial charge >= 0.3 is 5.97 Å². The summed E-state index contributed by atoms with van der Waals surface area (Å²) < 4.78 is 23.3. The number of imidazole rings is 2. The first-order valence-electron chi connectivity index (χ1n) is 14.1. The lowest BCUT2D eigenvalue weighted by Gasteiger charge is -2.12. The number of aromatic nitrogens is 4. The number of rotatable bonds is 14. The number of esters is 1. The van der Waals surface area contributed by atoms with E-state index in [2.05, 4.69) is 17.2 Å². The van der Waals surface area contributed by atoms with Crippen LogP contribution < -0.4 is 10.1 Å². The minimum absolute atomic E-state index is 0.0754. The molecule has 0 bridgehead atoms. The van der Waals surface area contributed by atoms with E-state index in [1.807, 2.05) is 48.0 Å². The van der Waals surface area contributed by atoms with E-state index in [0.717, 1.165) is 33.7 Å². The number of aromatic amines is 1. The molecule has 2 aromatic heterocycles. The van der Waals surface area contributed by atoms with Gasteiger partial charge in [0.15, 0.2) is 0 Å². The summed E-state index contributed by atoms with van der Waals surface area (Å²) >= 11 is 0. The van der Waals surface area contributed by atoms with Gasteiger partial charge in [0, 0.05) is 19.7 Å². The van der Waals surface area contributed by atoms with Gasteiger partial charge in [0.1, 0.15) is 36.2 Å². The van der Waals surface area contributed by atoms with E-state index in [9.17, 15) is 9.59 Å². The number of fused-ring (bicyclic) bond motifs is 2. The molecule has 0 radical (unpaired) electrons. The van der Waals surface area contributed by atoms with Gasteiger partial charge < -0.3 is 33.8 Å². The maximum Gasteiger partial charge on any atom is 0.342 e. The quantitative estimate of drug-likeness (QED) is 0.146. The van der Waals surface area contributed by atoms with E-state index >= 15 is 0 Å². The van der Waals surface area contributed by atoms with Crippen LogP contribution in [0.1, 0.15) is 45.2 Å². The van der Waals surface area contributed by atoms with E-state index < -0.39 is 5.97 Å². The van der Waals surface area contributed by atoms with Gasteiger partial charge in [0.25, 0.3) is 5.91 Å². The van der Waals surface area contributed by atoms with Crippen LogP contribution in [0.4, 0.5) is 0 Å². The lowest BCUT2D eigenvalue weighted by atomic mass is 10.1. The highest BCUT2D eigenvalue weighted by Crippen LogP contribution is 2.27. The highest BCUT2D eigenvalue weighted by molar-refractivity contribution is 5.97. The normalized spacial score (nSPS) is 12.0. The van der Waals surface area contributed by atoms with Crippen LogP contribution in [0, 0.1) is 0 Å². The van der Waals surface area contributed by atoms with Crippen LogP contribution >= 0.6 is 0 Å². The third kappa shape index (κ3) is 7.02. The molecule has 5 aromatic rings. The molecule has 5 rings (SSSR count). The highest BCUT2D eigenvalue weighted by Gasteiger charge is 2.20. The first-order chi connectivity index (χ1) is 21.0. The predicted octanol–water partition coefficient (Wildman–Crippen LogP) is 4.23. The summed E-state index contributed by atoms with van der Waals surface area (Å²) in [6.07, 6.45) is 0. The summed E-state index contributed by atoms with van der Waals surface area (Å²) in [5, 5.41) is 2.88. The van der Waals surface area contributed by atoms with Crippen molar-refractivity contribution in [2.75, 3.05) is 46.7 Å². The van der Waals surface area contributed by atoms with Gasteiger partial charge in [-0.25, -0.2) is 14.8 Å². The Kier molecular flexibility index (Phi) is 9.65. The molecule has 43 heavy (non-hydrogen) atoms. The minimum atomic E-state index is -0.506. The van der Waals surface area contributed by atoms with Crippen molar-refractivity contribution in [1.82, 2.24) is 24.8 Å². The first kappa shape index (κ1) is 29.7. The summed E-state index contributed by atoms with van der Waals surface area (Å²) in [7, 11) is 3.53.